The molecule has 0 radical (unpaired) electrons. The van der Waals surface area contributed by atoms with Gasteiger partial charge in [0.25, 0.3) is 0 Å². The summed E-state index contributed by atoms with van der Waals surface area (Å²) in [5, 5.41) is 2.60. The third-order valence-electron chi connectivity index (χ3n) is 5.40. The lowest BCUT2D eigenvalue weighted by Crippen LogP contribution is -2.51. The maximum atomic E-state index is 13.5. The lowest BCUT2D eigenvalue weighted by atomic mass is 10.1. The van der Waals surface area contributed by atoms with Crippen LogP contribution in [-0.2, 0) is 26.2 Å². The number of ether oxygens (including phenoxy) is 2. The van der Waals surface area contributed by atoms with E-state index in [0.29, 0.717) is 17.9 Å². The van der Waals surface area contributed by atoms with Crippen molar-refractivity contribution in [2.45, 2.75) is 32.9 Å². The predicted molar refractivity (Wildman–Crippen MR) is 132 cm³/mol. The normalized spacial score (nSPS) is 11.9. The van der Waals surface area contributed by atoms with Gasteiger partial charge in [-0.25, -0.2) is 8.42 Å². The Morgan fingerprint density at radius 3 is 2.26 bits per heavy atom. The molecule has 2 aromatic carbocycles. The van der Waals surface area contributed by atoms with Gasteiger partial charge in [-0.1, -0.05) is 36.8 Å². The van der Waals surface area contributed by atoms with Gasteiger partial charge in [0, 0.05) is 19.7 Å². The molecule has 2 aromatic rings. The molecule has 0 fully saturated rings. The molecule has 10 heteroatoms. The molecular weight excluding hydrogens is 458 g/mol. The number of hydrogen-bond donors (Lipinski definition) is 1. The highest BCUT2D eigenvalue weighted by molar-refractivity contribution is 7.92. The topological polar surface area (TPSA) is 105 Å². The Morgan fingerprint density at radius 1 is 1.06 bits per heavy atom. The van der Waals surface area contributed by atoms with Crippen LogP contribution in [0.1, 0.15) is 24.5 Å². The Kier molecular flexibility index (Phi) is 9.31. The first-order chi connectivity index (χ1) is 16.0. The monoisotopic (exact) mass is 491 g/mol. The van der Waals surface area contributed by atoms with Crippen molar-refractivity contribution in [1.82, 2.24) is 10.2 Å². The zero-order chi connectivity index (χ0) is 25.5. The fourth-order valence-electron chi connectivity index (χ4n) is 3.69. The summed E-state index contributed by atoms with van der Waals surface area (Å²) in [6.07, 6.45) is 1.39. The van der Waals surface area contributed by atoms with E-state index in [4.69, 9.17) is 9.47 Å². The first kappa shape index (κ1) is 27.0. The van der Waals surface area contributed by atoms with E-state index in [2.05, 4.69) is 5.32 Å². The number of nitrogens with one attached hydrogen (secondary N) is 1. The molecule has 0 heterocycles. The second-order valence-electron chi connectivity index (χ2n) is 7.86. The number of likely N-dealkylation sites (N-methyl/N-ethyl adjacent to an activating group) is 1. The molecule has 186 valence electrons. The standard InChI is InChI=1S/C24H33N3O6S/c1-7-20(24(29)25-3)26(15-18-10-8-9-17(2)13-18)23(28)16-27(34(6,30)31)19-11-12-21(32-4)22(14-19)33-5/h8-14,20H,7,15-16H2,1-6H3,(H,25,29). The molecular formula is C24H33N3O6S. The number of aryl methyl sites for hydroxylation is 1. The lowest BCUT2D eigenvalue weighted by Gasteiger charge is -2.32. The molecule has 9 nitrogen and oxygen atoms in total. The molecule has 2 amide bonds. The quantitative estimate of drug-likeness (QED) is 0.517. The number of nitrogens with zero attached hydrogens (tertiary/aromatic N) is 2. The average molecular weight is 492 g/mol. The second kappa shape index (κ2) is 11.7. The van der Waals surface area contributed by atoms with E-state index < -0.39 is 28.5 Å². The molecule has 0 saturated heterocycles. The molecule has 1 N–H and O–H groups in total. The molecule has 1 unspecified atom stereocenters. The first-order valence-corrected chi connectivity index (χ1v) is 12.7. The number of sulfonamides is 1. The molecule has 0 aliphatic carbocycles. The van der Waals surface area contributed by atoms with E-state index in [-0.39, 0.29) is 18.1 Å². The molecule has 0 aliphatic rings. The summed E-state index contributed by atoms with van der Waals surface area (Å²) < 4.78 is 36.9. The maximum absolute atomic E-state index is 13.5. The number of anilines is 1. The summed E-state index contributed by atoms with van der Waals surface area (Å²) in [5.74, 6) is -0.0648. The van der Waals surface area contributed by atoms with Crippen molar-refractivity contribution in [3.63, 3.8) is 0 Å². The van der Waals surface area contributed by atoms with Crippen LogP contribution in [0.15, 0.2) is 42.5 Å². The molecule has 0 spiro atoms. The van der Waals surface area contributed by atoms with Gasteiger partial charge in [-0.3, -0.25) is 13.9 Å². The summed E-state index contributed by atoms with van der Waals surface area (Å²) in [4.78, 5) is 27.6. The minimum Gasteiger partial charge on any atom is -0.493 e. The van der Waals surface area contributed by atoms with Crippen LogP contribution in [-0.4, -0.2) is 65.2 Å². The molecule has 0 saturated carbocycles. The van der Waals surface area contributed by atoms with Gasteiger partial charge in [0.2, 0.25) is 21.8 Å². The Balaban J connectivity index is 2.47. The van der Waals surface area contributed by atoms with Gasteiger partial charge in [-0.05, 0) is 31.0 Å². The fraction of sp³-hybridized carbons (Fsp3) is 0.417. The van der Waals surface area contributed by atoms with Crippen LogP contribution in [0.2, 0.25) is 0 Å². The van der Waals surface area contributed by atoms with Crippen molar-refractivity contribution in [2.24, 2.45) is 0 Å². The smallest absolute Gasteiger partial charge is 0.244 e. The van der Waals surface area contributed by atoms with E-state index in [1.54, 1.807) is 13.0 Å². The Labute approximate surface area is 201 Å². The van der Waals surface area contributed by atoms with Crippen molar-refractivity contribution >= 4 is 27.5 Å². The van der Waals surface area contributed by atoms with Gasteiger partial charge < -0.3 is 19.7 Å². The van der Waals surface area contributed by atoms with Crippen molar-refractivity contribution in [3.05, 3.63) is 53.6 Å². The molecule has 0 aromatic heterocycles. The average Bonchev–Trinajstić information content (AvgIpc) is 2.80. The number of amides is 2. The summed E-state index contributed by atoms with van der Waals surface area (Å²) in [6, 6.07) is 11.5. The van der Waals surface area contributed by atoms with Gasteiger partial charge in [-0.15, -0.1) is 0 Å². The summed E-state index contributed by atoms with van der Waals surface area (Å²) >= 11 is 0. The number of carbonyl (C=O) groups is 2. The van der Waals surface area contributed by atoms with Crippen LogP contribution in [0.3, 0.4) is 0 Å². The number of rotatable bonds is 11. The van der Waals surface area contributed by atoms with Crippen LogP contribution in [0.25, 0.3) is 0 Å². The molecule has 2 rings (SSSR count). The maximum Gasteiger partial charge on any atom is 0.244 e. The predicted octanol–water partition coefficient (Wildman–Crippen LogP) is 2.33. The number of carbonyl (C=O) groups excluding carboxylic acids is 2. The van der Waals surface area contributed by atoms with E-state index in [0.717, 1.165) is 21.7 Å². The van der Waals surface area contributed by atoms with Gasteiger partial charge >= 0.3 is 0 Å². The Morgan fingerprint density at radius 2 is 1.74 bits per heavy atom. The highest BCUT2D eigenvalue weighted by atomic mass is 32.2. The zero-order valence-electron chi connectivity index (χ0n) is 20.5. The summed E-state index contributed by atoms with van der Waals surface area (Å²) in [5.41, 5.74) is 2.10. The fourth-order valence-corrected chi connectivity index (χ4v) is 4.53. The highest BCUT2D eigenvalue weighted by Gasteiger charge is 2.31. The van der Waals surface area contributed by atoms with Gasteiger partial charge in [0.05, 0.1) is 26.2 Å². The minimum atomic E-state index is -3.84. The van der Waals surface area contributed by atoms with Crippen molar-refractivity contribution in [1.29, 1.82) is 0 Å². The SMILES string of the molecule is CCC(C(=O)NC)N(Cc1cccc(C)c1)C(=O)CN(c1ccc(OC)c(OC)c1)S(C)(=O)=O. The molecule has 34 heavy (non-hydrogen) atoms. The van der Waals surface area contributed by atoms with Crippen LogP contribution >= 0.6 is 0 Å². The number of hydrogen-bond acceptors (Lipinski definition) is 6. The molecule has 0 aliphatic heterocycles. The minimum absolute atomic E-state index is 0.163. The molecule has 1 atom stereocenters. The Bertz CT molecular complexity index is 1120. The van der Waals surface area contributed by atoms with E-state index in [9.17, 15) is 18.0 Å². The van der Waals surface area contributed by atoms with Gasteiger partial charge in [0.15, 0.2) is 11.5 Å². The van der Waals surface area contributed by atoms with E-state index in [1.807, 2.05) is 31.2 Å². The molecule has 0 bridgehead atoms. The largest absolute Gasteiger partial charge is 0.493 e. The van der Waals surface area contributed by atoms with Crippen LogP contribution in [0.4, 0.5) is 5.69 Å². The summed E-state index contributed by atoms with van der Waals surface area (Å²) in [7, 11) is 0.582. The zero-order valence-corrected chi connectivity index (χ0v) is 21.3. The first-order valence-electron chi connectivity index (χ1n) is 10.8. The highest BCUT2D eigenvalue weighted by Crippen LogP contribution is 2.32. The van der Waals surface area contributed by atoms with Crippen LogP contribution in [0.5, 0.6) is 11.5 Å². The van der Waals surface area contributed by atoms with E-state index >= 15 is 0 Å². The van der Waals surface area contributed by atoms with Crippen LogP contribution in [0, 0.1) is 6.92 Å². The number of benzene rings is 2. The summed E-state index contributed by atoms with van der Waals surface area (Å²) in [6.45, 7) is 3.43. The third kappa shape index (κ3) is 6.63. The van der Waals surface area contributed by atoms with Crippen molar-refractivity contribution in [2.75, 3.05) is 38.4 Å². The van der Waals surface area contributed by atoms with Gasteiger partial charge in [0.1, 0.15) is 12.6 Å². The lowest BCUT2D eigenvalue weighted by molar-refractivity contribution is -0.140. The van der Waals surface area contributed by atoms with Crippen molar-refractivity contribution < 1.29 is 27.5 Å². The van der Waals surface area contributed by atoms with Gasteiger partial charge in [-0.2, -0.15) is 0 Å². The third-order valence-corrected chi connectivity index (χ3v) is 6.54. The number of methoxy groups -OCH3 is 2. The second-order valence-corrected chi connectivity index (χ2v) is 9.76. The Hall–Kier alpha value is -3.27. The van der Waals surface area contributed by atoms with E-state index in [1.165, 1.54) is 38.3 Å². The van der Waals surface area contributed by atoms with Crippen LogP contribution < -0.4 is 19.1 Å². The van der Waals surface area contributed by atoms with Crippen molar-refractivity contribution in [3.8, 4) is 11.5 Å².